The quantitative estimate of drug-likeness (QED) is 0.581. The molecular weight excluding hydrogens is 246 g/mol. The second kappa shape index (κ2) is 5.66. The fourth-order valence-corrected chi connectivity index (χ4v) is 1.76. The van der Waals surface area contributed by atoms with Crippen LogP contribution in [0.4, 0.5) is 0 Å². The maximum atomic E-state index is 5.75. The first-order valence-electron chi connectivity index (χ1n) is 5.60. The maximum absolute atomic E-state index is 5.75. The topological polar surface area (TPSA) is 63.2 Å². The summed E-state index contributed by atoms with van der Waals surface area (Å²) < 4.78 is 5.75. The Balaban J connectivity index is 2.06. The lowest BCUT2D eigenvalue weighted by atomic mass is 10.1. The number of benzene rings is 1. The summed E-state index contributed by atoms with van der Waals surface area (Å²) in [7, 11) is 0. The summed E-state index contributed by atoms with van der Waals surface area (Å²) in [5, 5.41) is 0.209. The van der Waals surface area contributed by atoms with E-state index in [1.165, 1.54) is 5.56 Å². The number of nitrogens with two attached hydrogens (primary N) is 1. The van der Waals surface area contributed by atoms with Gasteiger partial charge in [0.05, 0.1) is 6.54 Å². The molecule has 0 bridgehead atoms. The average Bonchev–Trinajstić information content (AvgIpc) is 2.78. The Bertz CT molecular complexity index is 551. The van der Waals surface area contributed by atoms with E-state index in [0.717, 1.165) is 17.1 Å². The third-order valence-electron chi connectivity index (χ3n) is 2.55. The zero-order chi connectivity index (χ0) is 13.0. The van der Waals surface area contributed by atoms with E-state index in [9.17, 15) is 0 Å². The first kappa shape index (κ1) is 12.6. The molecule has 1 aromatic carbocycles. The molecule has 18 heavy (non-hydrogen) atoms. The summed E-state index contributed by atoms with van der Waals surface area (Å²) in [4.78, 5) is 0. The second-order valence-electron chi connectivity index (χ2n) is 3.92. The van der Waals surface area contributed by atoms with Crippen molar-refractivity contribution in [1.82, 2.24) is 10.9 Å². The van der Waals surface area contributed by atoms with Crippen molar-refractivity contribution < 1.29 is 4.42 Å². The van der Waals surface area contributed by atoms with Crippen molar-refractivity contribution in [2.45, 2.75) is 13.5 Å². The highest BCUT2D eigenvalue weighted by Crippen LogP contribution is 2.24. The average molecular weight is 261 g/mol. The van der Waals surface area contributed by atoms with E-state index >= 15 is 0 Å². The minimum Gasteiger partial charge on any atom is -0.460 e. The van der Waals surface area contributed by atoms with Gasteiger partial charge >= 0.3 is 0 Å². The lowest BCUT2D eigenvalue weighted by Crippen LogP contribution is -2.40. The second-order valence-corrected chi connectivity index (χ2v) is 4.36. The van der Waals surface area contributed by atoms with Gasteiger partial charge in [-0.3, -0.25) is 5.43 Å². The third-order valence-corrected chi connectivity index (χ3v) is 2.65. The standard InChI is InChI=1S/C13H15N3OS/c1-9-4-2-3-5-11(9)12-7-6-10(17-12)8-15-16-13(14)18/h2-7,15H,8H2,1H3,(H3,14,16,18). The number of furan rings is 1. The van der Waals surface area contributed by atoms with E-state index in [4.69, 9.17) is 10.2 Å². The van der Waals surface area contributed by atoms with Crippen molar-refractivity contribution in [2.75, 3.05) is 0 Å². The van der Waals surface area contributed by atoms with E-state index in [1.54, 1.807) is 0 Å². The van der Waals surface area contributed by atoms with Gasteiger partial charge in [-0.1, -0.05) is 24.3 Å². The third kappa shape index (κ3) is 3.09. The number of aryl methyl sites for hydroxylation is 1. The van der Waals surface area contributed by atoms with Gasteiger partial charge in [0.25, 0.3) is 0 Å². The van der Waals surface area contributed by atoms with E-state index in [0.29, 0.717) is 6.54 Å². The van der Waals surface area contributed by atoms with Crippen molar-refractivity contribution in [1.29, 1.82) is 0 Å². The Labute approximate surface area is 111 Å². The molecule has 0 amide bonds. The van der Waals surface area contributed by atoms with Crippen molar-refractivity contribution in [2.24, 2.45) is 5.73 Å². The number of hydrazine groups is 1. The first-order chi connectivity index (χ1) is 8.66. The van der Waals surface area contributed by atoms with E-state index in [-0.39, 0.29) is 5.11 Å². The van der Waals surface area contributed by atoms with Gasteiger partial charge in [-0.05, 0) is 36.8 Å². The molecule has 0 saturated carbocycles. The molecule has 2 aromatic rings. The molecule has 0 spiro atoms. The highest BCUT2D eigenvalue weighted by atomic mass is 32.1. The van der Waals surface area contributed by atoms with Gasteiger partial charge in [-0.15, -0.1) is 0 Å². The predicted molar refractivity (Wildman–Crippen MR) is 75.6 cm³/mol. The lowest BCUT2D eigenvalue weighted by molar-refractivity contribution is 0.485. The van der Waals surface area contributed by atoms with Crippen LogP contribution in [0.1, 0.15) is 11.3 Å². The summed E-state index contributed by atoms with van der Waals surface area (Å²) in [5.74, 6) is 1.68. The van der Waals surface area contributed by atoms with Crippen LogP contribution in [0, 0.1) is 6.92 Å². The number of hydrogen-bond acceptors (Lipinski definition) is 3. The molecule has 0 fully saturated rings. The molecule has 0 saturated heterocycles. The molecule has 0 aliphatic carbocycles. The zero-order valence-electron chi connectivity index (χ0n) is 10.1. The molecule has 0 aliphatic heterocycles. The molecule has 0 aliphatic rings. The summed E-state index contributed by atoms with van der Waals surface area (Å²) in [6.07, 6.45) is 0. The van der Waals surface area contributed by atoms with Crippen LogP contribution in [0.15, 0.2) is 40.8 Å². The Morgan fingerprint density at radius 2 is 2.06 bits per heavy atom. The smallest absolute Gasteiger partial charge is 0.178 e. The fourth-order valence-electron chi connectivity index (χ4n) is 1.69. The molecule has 5 heteroatoms. The van der Waals surface area contributed by atoms with Crippen molar-refractivity contribution in [3.63, 3.8) is 0 Å². The molecular formula is C13H15N3OS. The highest BCUT2D eigenvalue weighted by Gasteiger charge is 2.06. The molecule has 94 valence electrons. The SMILES string of the molecule is Cc1ccccc1-c1ccc(CNNC(N)=S)o1. The van der Waals surface area contributed by atoms with Gasteiger partial charge in [-0.2, -0.15) is 0 Å². The van der Waals surface area contributed by atoms with E-state index < -0.39 is 0 Å². The van der Waals surface area contributed by atoms with Crippen LogP contribution in [0.2, 0.25) is 0 Å². The summed E-state index contributed by atoms with van der Waals surface area (Å²) in [6.45, 7) is 2.58. The van der Waals surface area contributed by atoms with Crippen molar-refractivity contribution in [3.8, 4) is 11.3 Å². The van der Waals surface area contributed by atoms with Crippen LogP contribution in [-0.4, -0.2) is 5.11 Å². The predicted octanol–water partition coefficient (Wildman–Crippen LogP) is 2.09. The van der Waals surface area contributed by atoms with Gasteiger partial charge in [0.15, 0.2) is 5.11 Å². The minimum absolute atomic E-state index is 0.209. The van der Waals surface area contributed by atoms with Gasteiger partial charge in [-0.25, -0.2) is 5.43 Å². The van der Waals surface area contributed by atoms with Gasteiger partial charge in [0.1, 0.15) is 11.5 Å². The monoisotopic (exact) mass is 261 g/mol. The highest BCUT2D eigenvalue weighted by molar-refractivity contribution is 7.80. The van der Waals surface area contributed by atoms with E-state index in [1.807, 2.05) is 30.3 Å². The van der Waals surface area contributed by atoms with E-state index in [2.05, 4.69) is 36.1 Å². The Morgan fingerprint density at radius 3 is 2.78 bits per heavy atom. The maximum Gasteiger partial charge on any atom is 0.178 e. The van der Waals surface area contributed by atoms with Gasteiger partial charge in [0.2, 0.25) is 0 Å². The van der Waals surface area contributed by atoms with Gasteiger partial charge < -0.3 is 10.2 Å². The number of nitrogens with one attached hydrogen (secondary N) is 2. The van der Waals surface area contributed by atoms with Crippen molar-refractivity contribution >= 4 is 17.3 Å². The molecule has 4 N–H and O–H groups in total. The van der Waals surface area contributed by atoms with Crippen LogP contribution in [0.25, 0.3) is 11.3 Å². The van der Waals surface area contributed by atoms with Crippen LogP contribution in [0.3, 0.4) is 0 Å². The van der Waals surface area contributed by atoms with Crippen LogP contribution in [-0.2, 0) is 6.54 Å². The van der Waals surface area contributed by atoms with Crippen molar-refractivity contribution in [3.05, 3.63) is 47.7 Å². The Hall–Kier alpha value is -1.85. The van der Waals surface area contributed by atoms with Gasteiger partial charge in [0, 0.05) is 5.56 Å². The minimum atomic E-state index is 0.209. The molecule has 4 nitrogen and oxygen atoms in total. The largest absolute Gasteiger partial charge is 0.460 e. The van der Waals surface area contributed by atoms with Crippen LogP contribution in [0.5, 0.6) is 0 Å². The molecule has 1 aromatic heterocycles. The molecule has 2 rings (SSSR count). The summed E-state index contributed by atoms with van der Waals surface area (Å²) in [6, 6.07) is 12.0. The molecule has 1 heterocycles. The number of hydrogen-bond donors (Lipinski definition) is 3. The summed E-state index contributed by atoms with van der Waals surface area (Å²) >= 11 is 4.68. The fraction of sp³-hybridized carbons (Fsp3) is 0.154. The Morgan fingerprint density at radius 1 is 1.28 bits per heavy atom. The molecule has 0 atom stereocenters. The number of thiocarbonyl (C=S) groups is 1. The van der Waals surface area contributed by atoms with Crippen LogP contribution >= 0.6 is 12.2 Å². The lowest BCUT2D eigenvalue weighted by Gasteiger charge is -2.04. The Kier molecular flexibility index (Phi) is 3.96. The van der Waals surface area contributed by atoms with Crippen LogP contribution < -0.4 is 16.6 Å². The molecule has 0 radical (unpaired) electrons. The first-order valence-corrected chi connectivity index (χ1v) is 6.00. The summed E-state index contributed by atoms with van der Waals surface area (Å²) in [5.41, 5.74) is 13.1. The number of rotatable bonds is 4. The molecule has 0 unspecified atom stereocenters. The zero-order valence-corrected chi connectivity index (χ0v) is 10.9. The normalized spacial score (nSPS) is 10.3.